The first-order valence-corrected chi connectivity index (χ1v) is 13.2. The molecule has 0 fully saturated rings. The number of rotatable bonds is 10. The number of carbonyl (C=O) groups excluding carboxylic acids is 2. The molecule has 2 N–H and O–H groups in total. The van der Waals surface area contributed by atoms with Crippen molar-refractivity contribution in [2.75, 3.05) is 23.1 Å². The number of pyridine rings is 1. The van der Waals surface area contributed by atoms with Gasteiger partial charge < -0.3 is 10.6 Å². The van der Waals surface area contributed by atoms with E-state index in [4.69, 9.17) is 23.2 Å². The van der Waals surface area contributed by atoms with Gasteiger partial charge in [-0.25, -0.2) is 4.98 Å². The van der Waals surface area contributed by atoms with Crippen LogP contribution in [-0.2, 0) is 0 Å². The largest absolute Gasteiger partial charge is 0.335 e. The third-order valence-electron chi connectivity index (χ3n) is 4.47. The lowest BCUT2D eigenvalue weighted by Crippen LogP contribution is -2.05. The highest BCUT2D eigenvalue weighted by atomic mass is 35.5. The average Bonchev–Trinajstić information content (AvgIpc) is 2.84. The Bertz CT molecular complexity index is 1130. The van der Waals surface area contributed by atoms with Gasteiger partial charge in [0.15, 0.2) is 11.6 Å². The Morgan fingerprint density at radius 2 is 1.09 bits per heavy atom. The van der Waals surface area contributed by atoms with Crippen LogP contribution in [0.25, 0.3) is 0 Å². The molecule has 0 aliphatic carbocycles. The van der Waals surface area contributed by atoms with Crippen LogP contribution in [0.2, 0.25) is 10.0 Å². The minimum absolute atomic E-state index is 0.142. The van der Waals surface area contributed by atoms with Crippen LogP contribution >= 0.6 is 46.7 Å². The Balaban J connectivity index is 1.72. The summed E-state index contributed by atoms with van der Waals surface area (Å²) in [5.74, 6) is 0.824. The van der Waals surface area contributed by atoms with Gasteiger partial charge in [-0.2, -0.15) is 0 Å². The number of hydrogen-bond acceptors (Lipinski definition) is 7. The van der Waals surface area contributed by atoms with Crippen molar-refractivity contribution in [3.63, 3.8) is 0 Å². The molecule has 9 heteroatoms. The fourth-order valence-corrected chi connectivity index (χ4v) is 3.87. The fraction of sp³-hybridized carbons (Fsp3) is 0.0800. The van der Waals surface area contributed by atoms with Crippen LogP contribution in [0.1, 0.15) is 20.7 Å². The summed E-state index contributed by atoms with van der Waals surface area (Å²) in [7, 11) is 0. The van der Waals surface area contributed by atoms with Crippen LogP contribution in [0.4, 0.5) is 11.6 Å². The number of aromatic nitrogens is 1. The molecule has 0 spiro atoms. The van der Waals surface area contributed by atoms with Crippen molar-refractivity contribution >= 4 is 69.9 Å². The Labute approximate surface area is 217 Å². The molecule has 0 radical (unpaired) electrons. The first kappa shape index (κ1) is 25.9. The monoisotopic (exact) mass is 529 g/mol. The van der Waals surface area contributed by atoms with Gasteiger partial charge in [0.05, 0.1) is 10.1 Å². The van der Waals surface area contributed by atoms with Crippen molar-refractivity contribution in [1.82, 2.24) is 4.98 Å². The maximum atomic E-state index is 12.6. The Morgan fingerprint density at radius 3 is 1.44 bits per heavy atom. The molecule has 0 saturated heterocycles. The zero-order valence-electron chi connectivity index (χ0n) is 18.3. The number of thioether (sulfide) groups is 2. The van der Waals surface area contributed by atoms with E-state index in [2.05, 4.69) is 15.6 Å². The Hall–Kier alpha value is -2.71. The van der Waals surface area contributed by atoms with Crippen LogP contribution in [0.3, 0.4) is 0 Å². The summed E-state index contributed by atoms with van der Waals surface area (Å²) in [5.41, 5.74) is 1.09. The topological polar surface area (TPSA) is 71.1 Å². The molecule has 0 aliphatic heterocycles. The van der Waals surface area contributed by atoms with Crippen LogP contribution in [0.15, 0.2) is 88.9 Å². The average molecular weight is 531 g/mol. The lowest BCUT2D eigenvalue weighted by molar-refractivity contribution is 0.103. The smallest absolute Gasteiger partial charge is 0.188 e. The van der Waals surface area contributed by atoms with Crippen LogP contribution in [0, 0.1) is 0 Å². The van der Waals surface area contributed by atoms with E-state index in [1.165, 1.54) is 35.7 Å². The van der Waals surface area contributed by atoms with E-state index in [9.17, 15) is 9.59 Å². The van der Waals surface area contributed by atoms with Gasteiger partial charge in [0, 0.05) is 33.3 Å². The standard InChI is InChI=1S/C25H21Cl2N3O2S2/c1-33-24(14-20(31)16-6-10-18(26)11-7-16)29-22-4-3-5-23(28-22)30-25(34-2)15-21(32)17-8-12-19(27)13-9-17/h3-15H,1-2H3,(H2,28,29,30)/b24-14+,25-15+. The molecule has 5 nitrogen and oxygen atoms in total. The number of nitrogens with one attached hydrogen (secondary N) is 2. The van der Waals surface area contributed by atoms with Crippen molar-refractivity contribution in [3.05, 3.63) is 110 Å². The van der Waals surface area contributed by atoms with Gasteiger partial charge in [-0.15, -0.1) is 23.5 Å². The molecule has 174 valence electrons. The van der Waals surface area contributed by atoms with Gasteiger partial charge in [0.1, 0.15) is 11.6 Å². The molecule has 0 saturated carbocycles. The third-order valence-corrected chi connectivity index (χ3v) is 6.30. The molecule has 0 amide bonds. The van der Waals surface area contributed by atoms with E-state index in [1.54, 1.807) is 60.7 Å². The lowest BCUT2D eigenvalue weighted by Gasteiger charge is -2.11. The molecular formula is C25H21Cl2N3O2S2. The van der Waals surface area contributed by atoms with E-state index in [0.29, 0.717) is 42.9 Å². The summed E-state index contributed by atoms with van der Waals surface area (Å²) in [4.78, 5) is 29.6. The quantitative estimate of drug-likeness (QED) is 0.209. The predicted octanol–water partition coefficient (Wildman–Crippen LogP) is 7.39. The molecule has 3 rings (SSSR count). The van der Waals surface area contributed by atoms with Gasteiger partial charge in [-0.05, 0) is 73.2 Å². The Morgan fingerprint density at radius 1 is 0.706 bits per heavy atom. The zero-order chi connectivity index (χ0) is 24.5. The second-order valence-electron chi connectivity index (χ2n) is 6.83. The van der Waals surface area contributed by atoms with Crippen LogP contribution < -0.4 is 10.6 Å². The summed E-state index contributed by atoms with van der Waals surface area (Å²) in [6, 6.07) is 18.9. The highest BCUT2D eigenvalue weighted by Crippen LogP contribution is 2.22. The molecule has 34 heavy (non-hydrogen) atoms. The summed E-state index contributed by atoms with van der Waals surface area (Å²) in [6.07, 6.45) is 6.78. The highest BCUT2D eigenvalue weighted by Gasteiger charge is 2.09. The molecule has 2 aromatic carbocycles. The highest BCUT2D eigenvalue weighted by molar-refractivity contribution is 8.02. The van der Waals surface area contributed by atoms with Gasteiger partial charge >= 0.3 is 0 Å². The maximum absolute atomic E-state index is 12.6. The lowest BCUT2D eigenvalue weighted by atomic mass is 10.1. The maximum Gasteiger partial charge on any atom is 0.188 e. The second kappa shape index (κ2) is 12.7. The molecule has 0 aliphatic rings. The van der Waals surface area contributed by atoms with Crippen molar-refractivity contribution in [2.24, 2.45) is 0 Å². The molecule has 3 aromatic rings. The number of halogens is 2. The SMILES string of the molecule is CS/C(=C/C(=O)c1ccc(Cl)cc1)Nc1cccc(N/C(=C\C(=O)c2ccc(Cl)cc2)SC)n1. The van der Waals surface area contributed by atoms with Gasteiger partial charge in [0.2, 0.25) is 0 Å². The van der Waals surface area contributed by atoms with Gasteiger partial charge in [0.25, 0.3) is 0 Å². The van der Waals surface area contributed by atoms with E-state index in [0.717, 1.165) is 0 Å². The summed E-state index contributed by atoms with van der Waals surface area (Å²) in [5, 5.41) is 8.76. The van der Waals surface area contributed by atoms with Crippen LogP contribution in [-0.4, -0.2) is 29.1 Å². The van der Waals surface area contributed by atoms with Crippen LogP contribution in [0.5, 0.6) is 0 Å². The molecule has 0 unspecified atom stereocenters. The first-order valence-electron chi connectivity index (χ1n) is 10.00. The first-order chi connectivity index (χ1) is 16.4. The van der Waals surface area contributed by atoms with E-state index >= 15 is 0 Å². The molecule has 1 heterocycles. The van der Waals surface area contributed by atoms with Gasteiger partial charge in [-0.3, -0.25) is 9.59 Å². The number of carbonyl (C=O) groups is 2. The number of allylic oxidation sites excluding steroid dienone is 2. The van der Waals surface area contributed by atoms with Crippen molar-refractivity contribution in [3.8, 4) is 0 Å². The van der Waals surface area contributed by atoms with Crippen molar-refractivity contribution in [1.29, 1.82) is 0 Å². The molecule has 0 bridgehead atoms. The summed E-state index contributed by atoms with van der Waals surface area (Å²) >= 11 is 14.6. The molecule has 0 atom stereocenters. The Kier molecular flexibility index (Phi) is 9.65. The number of hydrogen-bond donors (Lipinski definition) is 2. The van der Waals surface area contributed by atoms with E-state index in [1.807, 2.05) is 18.6 Å². The predicted molar refractivity (Wildman–Crippen MR) is 146 cm³/mol. The second-order valence-corrected chi connectivity index (χ2v) is 9.39. The molecular weight excluding hydrogens is 509 g/mol. The number of nitrogens with zero attached hydrogens (tertiary/aromatic N) is 1. The summed E-state index contributed by atoms with van der Waals surface area (Å²) in [6.45, 7) is 0. The van der Waals surface area contributed by atoms with Crippen molar-refractivity contribution in [2.45, 2.75) is 0 Å². The van der Waals surface area contributed by atoms with E-state index in [-0.39, 0.29) is 11.6 Å². The normalized spacial score (nSPS) is 11.8. The number of anilines is 2. The van der Waals surface area contributed by atoms with Gasteiger partial charge in [-0.1, -0.05) is 29.3 Å². The zero-order valence-corrected chi connectivity index (χ0v) is 21.5. The number of benzene rings is 2. The van der Waals surface area contributed by atoms with Crippen molar-refractivity contribution < 1.29 is 9.59 Å². The summed E-state index contributed by atoms with van der Waals surface area (Å²) < 4.78 is 0. The number of ketones is 2. The minimum Gasteiger partial charge on any atom is -0.335 e. The third kappa shape index (κ3) is 7.67. The van der Waals surface area contributed by atoms with E-state index < -0.39 is 0 Å². The fourth-order valence-electron chi connectivity index (χ4n) is 2.75. The molecule has 1 aromatic heterocycles. The minimum atomic E-state index is -0.142.